The van der Waals surface area contributed by atoms with Crippen molar-refractivity contribution in [1.82, 2.24) is 19.7 Å². The SMILES string of the molecule is CCCNSCCNc1nc(-c2c[nH]c3ncc(F)cc23)c(C#N)cc1F. The number of halogens is 2. The topological polar surface area (TPSA) is 89.4 Å². The van der Waals surface area contributed by atoms with Crippen molar-refractivity contribution in [3.63, 3.8) is 0 Å². The predicted molar refractivity (Wildman–Crippen MR) is 103 cm³/mol. The molecule has 3 aromatic rings. The molecule has 3 aromatic heterocycles. The monoisotopic (exact) mass is 388 g/mol. The summed E-state index contributed by atoms with van der Waals surface area (Å²) in [5.74, 6) is -0.331. The molecule has 9 heteroatoms. The maximum Gasteiger partial charge on any atom is 0.166 e. The lowest BCUT2D eigenvalue weighted by atomic mass is 10.1. The van der Waals surface area contributed by atoms with Crippen molar-refractivity contribution < 1.29 is 8.78 Å². The van der Waals surface area contributed by atoms with Crippen LogP contribution in [-0.2, 0) is 0 Å². The largest absolute Gasteiger partial charge is 0.367 e. The second-order valence-electron chi connectivity index (χ2n) is 5.75. The van der Waals surface area contributed by atoms with Crippen LogP contribution in [0, 0.1) is 23.0 Å². The average molecular weight is 388 g/mol. The number of H-pyrrole nitrogens is 1. The fourth-order valence-electron chi connectivity index (χ4n) is 2.54. The van der Waals surface area contributed by atoms with Gasteiger partial charge >= 0.3 is 0 Å². The van der Waals surface area contributed by atoms with E-state index in [0.717, 1.165) is 31.0 Å². The third kappa shape index (κ3) is 4.35. The van der Waals surface area contributed by atoms with Crippen LogP contribution in [0.25, 0.3) is 22.3 Å². The highest BCUT2D eigenvalue weighted by Crippen LogP contribution is 2.31. The summed E-state index contributed by atoms with van der Waals surface area (Å²) in [4.78, 5) is 11.2. The molecule has 0 aromatic carbocycles. The molecular weight excluding hydrogens is 370 g/mol. The van der Waals surface area contributed by atoms with Crippen LogP contribution in [0.3, 0.4) is 0 Å². The number of rotatable bonds is 8. The van der Waals surface area contributed by atoms with Gasteiger partial charge in [-0.25, -0.2) is 18.7 Å². The summed E-state index contributed by atoms with van der Waals surface area (Å²) >= 11 is 1.55. The summed E-state index contributed by atoms with van der Waals surface area (Å²) in [6, 6.07) is 4.40. The zero-order valence-electron chi connectivity index (χ0n) is 14.6. The van der Waals surface area contributed by atoms with Gasteiger partial charge in [0.1, 0.15) is 17.5 Å². The molecule has 0 aliphatic carbocycles. The Morgan fingerprint density at radius 2 is 2.15 bits per heavy atom. The van der Waals surface area contributed by atoms with Gasteiger partial charge in [-0.15, -0.1) is 0 Å². The number of aromatic nitrogens is 3. The number of nitrogens with zero attached hydrogens (tertiary/aromatic N) is 3. The van der Waals surface area contributed by atoms with Crippen LogP contribution in [0.2, 0.25) is 0 Å². The van der Waals surface area contributed by atoms with Crippen molar-refractivity contribution in [2.45, 2.75) is 13.3 Å². The van der Waals surface area contributed by atoms with Gasteiger partial charge in [-0.1, -0.05) is 18.9 Å². The van der Waals surface area contributed by atoms with E-state index in [9.17, 15) is 14.0 Å². The molecule has 140 valence electrons. The minimum atomic E-state index is -0.606. The highest BCUT2D eigenvalue weighted by Gasteiger charge is 2.17. The number of aromatic amines is 1. The summed E-state index contributed by atoms with van der Waals surface area (Å²) in [7, 11) is 0. The zero-order chi connectivity index (χ0) is 19.2. The van der Waals surface area contributed by atoms with Gasteiger partial charge in [0.25, 0.3) is 0 Å². The minimum absolute atomic E-state index is 0.0544. The lowest BCUT2D eigenvalue weighted by molar-refractivity contribution is 0.623. The number of pyridine rings is 2. The predicted octanol–water partition coefficient (Wildman–Crippen LogP) is 3.83. The molecule has 3 rings (SSSR count). The molecule has 0 saturated carbocycles. The molecule has 0 radical (unpaired) electrons. The van der Waals surface area contributed by atoms with Gasteiger partial charge in [-0.05, 0) is 18.6 Å². The molecule has 0 spiro atoms. The summed E-state index contributed by atoms with van der Waals surface area (Å²) in [5, 5.41) is 12.8. The van der Waals surface area contributed by atoms with Crippen molar-refractivity contribution in [2.24, 2.45) is 0 Å². The Morgan fingerprint density at radius 1 is 1.30 bits per heavy atom. The van der Waals surface area contributed by atoms with E-state index in [-0.39, 0.29) is 17.1 Å². The van der Waals surface area contributed by atoms with Crippen LogP contribution in [-0.4, -0.2) is 33.8 Å². The molecule has 27 heavy (non-hydrogen) atoms. The van der Waals surface area contributed by atoms with Crippen molar-refractivity contribution in [3.8, 4) is 17.3 Å². The molecule has 0 atom stereocenters. The molecule has 6 nitrogen and oxygen atoms in total. The van der Waals surface area contributed by atoms with Crippen molar-refractivity contribution >= 4 is 28.8 Å². The fraction of sp³-hybridized carbons (Fsp3) is 0.278. The van der Waals surface area contributed by atoms with Crippen LogP contribution in [0.5, 0.6) is 0 Å². The van der Waals surface area contributed by atoms with Gasteiger partial charge in [0, 0.05) is 36.0 Å². The van der Waals surface area contributed by atoms with E-state index < -0.39 is 11.6 Å². The number of nitrogens with one attached hydrogen (secondary N) is 3. The number of anilines is 1. The maximum atomic E-state index is 14.3. The molecule has 0 aliphatic heterocycles. The number of hydrogen-bond acceptors (Lipinski definition) is 6. The average Bonchev–Trinajstić information content (AvgIpc) is 3.08. The Morgan fingerprint density at radius 3 is 2.93 bits per heavy atom. The van der Waals surface area contributed by atoms with Gasteiger partial charge in [0.15, 0.2) is 11.6 Å². The van der Waals surface area contributed by atoms with Crippen LogP contribution in [0.1, 0.15) is 18.9 Å². The Kier molecular flexibility index (Phi) is 6.21. The van der Waals surface area contributed by atoms with E-state index in [2.05, 4.69) is 31.9 Å². The van der Waals surface area contributed by atoms with E-state index in [4.69, 9.17) is 0 Å². The van der Waals surface area contributed by atoms with Crippen LogP contribution in [0.4, 0.5) is 14.6 Å². The Labute approximate surface area is 159 Å². The van der Waals surface area contributed by atoms with Gasteiger partial charge in [0.2, 0.25) is 0 Å². The van der Waals surface area contributed by atoms with E-state index in [1.165, 1.54) is 6.07 Å². The zero-order valence-corrected chi connectivity index (χ0v) is 15.5. The smallest absolute Gasteiger partial charge is 0.166 e. The molecule has 0 aliphatic rings. The van der Waals surface area contributed by atoms with Crippen molar-refractivity contribution in [3.05, 3.63) is 41.7 Å². The fourth-order valence-corrected chi connectivity index (χ4v) is 3.24. The molecule has 0 unspecified atom stereocenters. The van der Waals surface area contributed by atoms with Gasteiger partial charge in [0.05, 0.1) is 17.5 Å². The van der Waals surface area contributed by atoms with Gasteiger partial charge < -0.3 is 10.3 Å². The van der Waals surface area contributed by atoms with Gasteiger partial charge in [-0.2, -0.15) is 5.26 Å². The quantitative estimate of drug-likeness (QED) is 0.401. The number of hydrogen-bond donors (Lipinski definition) is 3. The van der Waals surface area contributed by atoms with E-state index >= 15 is 0 Å². The van der Waals surface area contributed by atoms with E-state index in [1.54, 1.807) is 18.1 Å². The first-order chi connectivity index (χ1) is 13.1. The van der Waals surface area contributed by atoms with E-state index in [1.807, 2.05) is 6.07 Å². The summed E-state index contributed by atoms with van der Waals surface area (Å²) in [5.41, 5.74) is 1.31. The lowest BCUT2D eigenvalue weighted by Gasteiger charge is -2.10. The Hall–Kier alpha value is -2.70. The maximum absolute atomic E-state index is 14.3. The molecule has 3 N–H and O–H groups in total. The molecule has 3 heterocycles. The first-order valence-electron chi connectivity index (χ1n) is 8.46. The standard InChI is InChI=1S/C18H18F2N6S/c1-2-3-25-27-5-4-22-18-15(20)6-11(8-21)16(26-18)14-10-24-17-13(14)7-12(19)9-23-17/h6-7,9-10,25H,2-5H2,1H3,(H,22,26)(H,23,24). The van der Waals surface area contributed by atoms with Crippen LogP contribution >= 0.6 is 11.9 Å². The molecule has 0 saturated heterocycles. The van der Waals surface area contributed by atoms with Gasteiger partial charge in [-0.3, -0.25) is 4.72 Å². The first kappa shape index (κ1) is 19.1. The summed E-state index contributed by atoms with van der Waals surface area (Å²) < 4.78 is 31.1. The molecule has 0 amide bonds. The van der Waals surface area contributed by atoms with E-state index in [0.29, 0.717) is 23.1 Å². The Balaban J connectivity index is 1.88. The van der Waals surface area contributed by atoms with Crippen molar-refractivity contribution in [1.29, 1.82) is 5.26 Å². The second-order valence-corrected chi connectivity index (χ2v) is 6.73. The normalized spacial score (nSPS) is 10.9. The molecule has 0 bridgehead atoms. The molecular formula is C18H18F2N6S. The number of fused-ring (bicyclic) bond motifs is 1. The summed E-state index contributed by atoms with van der Waals surface area (Å²) in [6.07, 6.45) is 3.73. The molecule has 0 fully saturated rings. The minimum Gasteiger partial charge on any atom is -0.367 e. The first-order valence-corrected chi connectivity index (χ1v) is 9.44. The van der Waals surface area contributed by atoms with Crippen LogP contribution in [0.15, 0.2) is 24.5 Å². The van der Waals surface area contributed by atoms with Crippen molar-refractivity contribution in [2.75, 3.05) is 24.2 Å². The highest BCUT2D eigenvalue weighted by molar-refractivity contribution is 7.97. The third-order valence-corrected chi connectivity index (χ3v) is 4.62. The number of nitriles is 1. The lowest BCUT2D eigenvalue weighted by Crippen LogP contribution is -2.12. The Bertz CT molecular complexity index is 982. The second kappa shape index (κ2) is 8.79. The van der Waals surface area contributed by atoms with Crippen LogP contribution < -0.4 is 10.0 Å². The highest BCUT2D eigenvalue weighted by atomic mass is 32.2. The summed E-state index contributed by atoms with van der Waals surface area (Å²) in [6.45, 7) is 3.49. The third-order valence-electron chi connectivity index (χ3n) is 3.80.